The van der Waals surface area contributed by atoms with Crippen molar-refractivity contribution in [3.63, 3.8) is 0 Å². The van der Waals surface area contributed by atoms with Gasteiger partial charge in [-0.3, -0.25) is 0 Å². The summed E-state index contributed by atoms with van der Waals surface area (Å²) in [5, 5.41) is 0. The summed E-state index contributed by atoms with van der Waals surface area (Å²) in [6.07, 6.45) is 1.67. The molecule has 0 spiro atoms. The van der Waals surface area contributed by atoms with Gasteiger partial charge in [0.25, 0.3) is 0 Å². The van der Waals surface area contributed by atoms with Crippen molar-refractivity contribution in [3.05, 3.63) is 24.2 Å². The summed E-state index contributed by atoms with van der Waals surface area (Å²) >= 11 is 0. The Hall–Kier alpha value is -1.32. The second-order valence-electron chi connectivity index (χ2n) is 2.67. The van der Waals surface area contributed by atoms with Gasteiger partial charge in [-0.25, -0.2) is 9.97 Å². The van der Waals surface area contributed by atoms with Gasteiger partial charge in [-0.2, -0.15) is 0 Å². The number of hydrogen-bond acceptors (Lipinski definition) is 3. The van der Waals surface area contributed by atoms with E-state index in [4.69, 9.17) is 12.3 Å². The topological polar surface area (TPSA) is 38.9 Å². The zero-order valence-electron chi connectivity index (χ0n) is 6.69. The lowest BCUT2D eigenvalue weighted by atomic mass is 9.90. The van der Waals surface area contributed by atoms with E-state index in [0.29, 0.717) is 11.6 Å². The highest BCUT2D eigenvalue weighted by Gasteiger charge is 2.08. The van der Waals surface area contributed by atoms with Gasteiger partial charge in [-0.05, 0) is 17.9 Å². The Kier molecular flexibility index (Phi) is 1.61. The highest BCUT2D eigenvalue weighted by Crippen LogP contribution is 2.16. The first-order chi connectivity index (χ1) is 5.77. The van der Waals surface area contributed by atoms with Crippen LogP contribution in [0.15, 0.2) is 22.7 Å². The van der Waals surface area contributed by atoms with Crippen molar-refractivity contribution in [3.8, 4) is 0 Å². The first kappa shape index (κ1) is 7.34. The second kappa shape index (κ2) is 2.62. The van der Waals surface area contributed by atoms with Crippen LogP contribution in [0.3, 0.4) is 0 Å². The first-order valence-electron chi connectivity index (χ1n) is 3.74. The number of oxazole rings is 1. The van der Waals surface area contributed by atoms with Gasteiger partial charge in [0.1, 0.15) is 5.52 Å². The SMILES string of the molecule is [B]C(C)c1nc2cccnc2o1. The third kappa shape index (κ3) is 1.09. The molecule has 0 aromatic carbocycles. The normalized spacial score (nSPS) is 13.4. The van der Waals surface area contributed by atoms with Crippen molar-refractivity contribution < 1.29 is 4.42 Å². The van der Waals surface area contributed by atoms with E-state index in [9.17, 15) is 0 Å². The smallest absolute Gasteiger partial charge is 0.246 e. The molecule has 2 aromatic rings. The van der Waals surface area contributed by atoms with Crippen molar-refractivity contribution in [1.82, 2.24) is 9.97 Å². The highest BCUT2D eigenvalue weighted by atomic mass is 16.4. The standard InChI is InChI=1S/C8H7BN2O/c1-5(9)7-11-6-3-2-4-10-8(6)12-7/h2-5H,1H3. The molecule has 0 bridgehead atoms. The molecule has 58 valence electrons. The van der Waals surface area contributed by atoms with E-state index in [-0.39, 0.29) is 5.82 Å². The minimum atomic E-state index is -0.181. The molecule has 12 heavy (non-hydrogen) atoms. The fourth-order valence-electron chi connectivity index (χ4n) is 0.981. The van der Waals surface area contributed by atoms with Crippen molar-refractivity contribution in [1.29, 1.82) is 0 Å². The first-order valence-corrected chi connectivity index (χ1v) is 3.74. The van der Waals surface area contributed by atoms with E-state index in [0.717, 1.165) is 5.52 Å². The van der Waals surface area contributed by atoms with Gasteiger partial charge in [0.2, 0.25) is 5.71 Å². The molecule has 0 amide bonds. The van der Waals surface area contributed by atoms with Crippen molar-refractivity contribution in [2.24, 2.45) is 0 Å². The summed E-state index contributed by atoms with van der Waals surface area (Å²) in [5.74, 6) is 0.350. The van der Waals surface area contributed by atoms with Crippen LogP contribution >= 0.6 is 0 Å². The summed E-state index contributed by atoms with van der Waals surface area (Å²) in [7, 11) is 5.59. The quantitative estimate of drug-likeness (QED) is 0.589. The molecule has 0 fully saturated rings. The Morgan fingerprint density at radius 2 is 2.42 bits per heavy atom. The van der Waals surface area contributed by atoms with E-state index >= 15 is 0 Å². The molecule has 2 aromatic heterocycles. The summed E-state index contributed by atoms with van der Waals surface area (Å²) in [5.41, 5.74) is 1.30. The Balaban J connectivity index is 2.62. The fraction of sp³-hybridized carbons (Fsp3) is 0.250. The van der Waals surface area contributed by atoms with Crippen LogP contribution in [0, 0.1) is 0 Å². The van der Waals surface area contributed by atoms with Crippen LogP contribution in [0.25, 0.3) is 11.2 Å². The lowest BCUT2D eigenvalue weighted by Crippen LogP contribution is -1.90. The molecule has 2 radical (unpaired) electrons. The maximum absolute atomic E-state index is 5.59. The number of rotatable bonds is 1. The zero-order valence-corrected chi connectivity index (χ0v) is 6.69. The van der Waals surface area contributed by atoms with E-state index in [1.54, 1.807) is 6.20 Å². The Morgan fingerprint density at radius 1 is 1.58 bits per heavy atom. The Morgan fingerprint density at radius 3 is 3.08 bits per heavy atom. The van der Waals surface area contributed by atoms with Gasteiger partial charge in [0.15, 0.2) is 5.89 Å². The molecule has 0 aliphatic carbocycles. The number of fused-ring (bicyclic) bond motifs is 1. The predicted molar refractivity (Wildman–Crippen MR) is 46.0 cm³/mol. The summed E-state index contributed by atoms with van der Waals surface area (Å²) in [6, 6.07) is 3.66. The maximum atomic E-state index is 5.59. The minimum absolute atomic E-state index is 0.181. The van der Waals surface area contributed by atoms with Gasteiger partial charge < -0.3 is 4.42 Å². The van der Waals surface area contributed by atoms with Gasteiger partial charge in [-0.1, -0.05) is 6.92 Å². The number of hydrogen-bond donors (Lipinski definition) is 0. The van der Waals surface area contributed by atoms with E-state index in [1.807, 2.05) is 19.1 Å². The van der Waals surface area contributed by atoms with Crippen LogP contribution in [0.5, 0.6) is 0 Å². The molecule has 0 N–H and O–H groups in total. The summed E-state index contributed by atoms with van der Waals surface area (Å²) in [6.45, 7) is 1.82. The minimum Gasteiger partial charge on any atom is -0.423 e. The third-order valence-electron chi connectivity index (χ3n) is 1.57. The third-order valence-corrected chi connectivity index (χ3v) is 1.57. The van der Waals surface area contributed by atoms with Crippen LogP contribution in [0.4, 0.5) is 0 Å². The average molecular weight is 158 g/mol. The fourth-order valence-corrected chi connectivity index (χ4v) is 0.981. The second-order valence-corrected chi connectivity index (χ2v) is 2.67. The van der Waals surface area contributed by atoms with Crippen molar-refractivity contribution in [2.75, 3.05) is 0 Å². The molecule has 4 heteroatoms. The van der Waals surface area contributed by atoms with Crippen molar-refractivity contribution in [2.45, 2.75) is 12.7 Å². The lowest BCUT2D eigenvalue weighted by Gasteiger charge is -1.93. The van der Waals surface area contributed by atoms with Crippen LogP contribution in [-0.4, -0.2) is 17.8 Å². The summed E-state index contributed by atoms with van der Waals surface area (Å²) < 4.78 is 5.28. The van der Waals surface area contributed by atoms with Crippen LogP contribution in [0.1, 0.15) is 18.6 Å². The lowest BCUT2D eigenvalue weighted by molar-refractivity contribution is 0.523. The molecule has 0 aliphatic heterocycles. The predicted octanol–water partition coefficient (Wildman–Crippen LogP) is 1.45. The number of pyridine rings is 1. The Bertz CT molecular complexity index is 364. The van der Waals surface area contributed by atoms with Gasteiger partial charge in [0, 0.05) is 6.20 Å². The maximum Gasteiger partial charge on any atom is 0.246 e. The highest BCUT2D eigenvalue weighted by molar-refractivity contribution is 6.11. The largest absolute Gasteiger partial charge is 0.423 e. The molecular formula is C8H7BN2O. The molecule has 0 saturated heterocycles. The van der Waals surface area contributed by atoms with E-state index < -0.39 is 0 Å². The molecule has 2 rings (SSSR count). The van der Waals surface area contributed by atoms with Gasteiger partial charge in [-0.15, -0.1) is 0 Å². The molecule has 0 saturated carbocycles. The summed E-state index contributed by atoms with van der Waals surface area (Å²) in [4.78, 5) is 8.16. The van der Waals surface area contributed by atoms with Crippen molar-refractivity contribution >= 4 is 19.1 Å². The van der Waals surface area contributed by atoms with Crippen LogP contribution in [-0.2, 0) is 0 Å². The van der Waals surface area contributed by atoms with Crippen LogP contribution in [0.2, 0.25) is 0 Å². The van der Waals surface area contributed by atoms with Gasteiger partial charge in [0.05, 0.1) is 7.85 Å². The van der Waals surface area contributed by atoms with Gasteiger partial charge >= 0.3 is 0 Å². The molecule has 1 unspecified atom stereocenters. The number of nitrogens with zero attached hydrogens (tertiary/aromatic N) is 2. The molecule has 1 atom stereocenters. The average Bonchev–Trinajstić information content (AvgIpc) is 2.46. The molecule has 3 nitrogen and oxygen atoms in total. The monoisotopic (exact) mass is 158 g/mol. The zero-order chi connectivity index (χ0) is 8.55. The van der Waals surface area contributed by atoms with Crippen LogP contribution < -0.4 is 0 Å². The Labute approximate surface area is 71.2 Å². The number of aromatic nitrogens is 2. The van der Waals surface area contributed by atoms with E-state index in [2.05, 4.69) is 9.97 Å². The molecular weight excluding hydrogens is 151 g/mol. The molecule has 0 aliphatic rings. The molecule has 2 heterocycles. The van der Waals surface area contributed by atoms with E-state index in [1.165, 1.54) is 0 Å².